The molecule has 1 N–H and O–H groups in total. The second-order valence-electron chi connectivity index (χ2n) is 8.84. The third-order valence-corrected chi connectivity index (χ3v) is 7.91. The third-order valence-electron chi connectivity index (χ3n) is 6.16. The molecule has 0 unspecified atom stereocenters. The summed E-state index contributed by atoms with van der Waals surface area (Å²) < 4.78 is 25.7. The van der Waals surface area contributed by atoms with Gasteiger partial charge in [0.25, 0.3) is 5.91 Å². The Morgan fingerprint density at radius 2 is 1.79 bits per heavy atom. The highest BCUT2D eigenvalue weighted by Crippen LogP contribution is 2.27. The zero-order chi connectivity index (χ0) is 23.6. The maximum Gasteiger partial charge on any atom is 0.255 e. The molecule has 4 rings (SSSR count). The normalized spacial score (nSPS) is 17.4. The highest BCUT2D eigenvalue weighted by atomic mass is 32.2. The fraction of sp³-hybridized carbons (Fsp3) is 0.360. The van der Waals surface area contributed by atoms with E-state index in [0.717, 1.165) is 34.7 Å². The van der Waals surface area contributed by atoms with Gasteiger partial charge in [0, 0.05) is 35.6 Å². The number of aromatic nitrogens is 2. The van der Waals surface area contributed by atoms with Gasteiger partial charge in [-0.05, 0) is 57.1 Å². The molecule has 2 heterocycles. The fourth-order valence-corrected chi connectivity index (χ4v) is 6.07. The number of sulfone groups is 1. The van der Waals surface area contributed by atoms with Crippen molar-refractivity contribution in [3.8, 4) is 0 Å². The number of para-hydroxylation sites is 1. The first kappa shape index (κ1) is 23.2. The van der Waals surface area contributed by atoms with Crippen molar-refractivity contribution in [2.75, 3.05) is 23.9 Å². The van der Waals surface area contributed by atoms with E-state index in [0.29, 0.717) is 18.5 Å². The molecule has 2 aromatic carbocycles. The minimum Gasteiger partial charge on any atom is -0.322 e. The van der Waals surface area contributed by atoms with Crippen molar-refractivity contribution in [3.63, 3.8) is 0 Å². The van der Waals surface area contributed by atoms with Crippen LogP contribution in [0.1, 0.15) is 45.3 Å². The Morgan fingerprint density at radius 3 is 2.42 bits per heavy atom. The van der Waals surface area contributed by atoms with Gasteiger partial charge < -0.3 is 5.32 Å². The van der Waals surface area contributed by atoms with E-state index in [4.69, 9.17) is 0 Å². The lowest BCUT2D eigenvalue weighted by Gasteiger charge is -2.18. The van der Waals surface area contributed by atoms with E-state index in [-0.39, 0.29) is 23.5 Å². The summed E-state index contributed by atoms with van der Waals surface area (Å²) >= 11 is 0. The van der Waals surface area contributed by atoms with Crippen molar-refractivity contribution < 1.29 is 13.2 Å². The number of amides is 1. The molecule has 1 aliphatic rings. The van der Waals surface area contributed by atoms with Gasteiger partial charge in [0.05, 0.1) is 23.2 Å². The predicted molar refractivity (Wildman–Crippen MR) is 130 cm³/mol. The maximum atomic E-state index is 12.4. The van der Waals surface area contributed by atoms with Crippen LogP contribution in [-0.2, 0) is 22.9 Å². The molecule has 7 nitrogen and oxygen atoms in total. The molecule has 174 valence electrons. The van der Waals surface area contributed by atoms with Crippen molar-refractivity contribution in [2.24, 2.45) is 0 Å². The van der Waals surface area contributed by atoms with Crippen LogP contribution < -0.4 is 5.32 Å². The molecule has 0 saturated carbocycles. The number of hydrogen-bond acceptors (Lipinski definition) is 5. The third kappa shape index (κ3) is 5.51. The highest BCUT2D eigenvalue weighted by Gasteiger charge is 2.31. The van der Waals surface area contributed by atoms with Gasteiger partial charge in [0.15, 0.2) is 9.84 Å². The number of nitrogens with one attached hydrogen (secondary N) is 1. The topological polar surface area (TPSA) is 84.3 Å². The number of aryl methyl sites for hydroxylation is 1. The van der Waals surface area contributed by atoms with Gasteiger partial charge in [0.1, 0.15) is 0 Å². The number of nitrogens with zero attached hydrogens (tertiary/aromatic N) is 3. The minimum absolute atomic E-state index is 0.0673. The minimum atomic E-state index is -2.96. The van der Waals surface area contributed by atoms with Crippen LogP contribution in [0, 0.1) is 13.8 Å². The molecule has 33 heavy (non-hydrogen) atoms. The van der Waals surface area contributed by atoms with E-state index < -0.39 is 9.84 Å². The van der Waals surface area contributed by atoms with E-state index in [1.807, 2.05) is 80.2 Å². The van der Waals surface area contributed by atoms with E-state index in [1.54, 1.807) is 0 Å². The molecule has 1 fully saturated rings. The van der Waals surface area contributed by atoms with E-state index >= 15 is 0 Å². The molecule has 0 bridgehead atoms. The van der Waals surface area contributed by atoms with Gasteiger partial charge in [0.2, 0.25) is 0 Å². The summed E-state index contributed by atoms with van der Waals surface area (Å²) in [6.45, 7) is 5.44. The molecule has 1 aromatic heterocycles. The molecule has 1 aliphatic heterocycles. The SMILES string of the molecule is Cc1nn([C@@H]2CCS(=O)(=O)C2)c(C)c1CN(C)Cc1ccc(C(=O)Nc2ccccc2)cc1. The van der Waals surface area contributed by atoms with Gasteiger partial charge in [-0.1, -0.05) is 30.3 Å². The summed E-state index contributed by atoms with van der Waals surface area (Å²) in [6.07, 6.45) is 0.629. The average molecular weight is 467 g/mol. The number of anilines is 1. The molecular formula is C25H30N4O3S. The van der Waals surface area contributed by atoms with E-state index in [1.165, 1.54) is 0 Å². The molecule has 0 spiro atoms. The second kappa shape index (κ2) is 9.49. The largest absolute Gasteiger partial charge is 0.322 e. The monoisotopic (exact) mass is 466 g/mol. The lowest BCUT2D eigenvalue weighted by atomic mass is 10.1. The Balaban J connectivity index is 1.38. The quantitative estimate of drug-likeness (QED) is 0.573. The Bertz CT molecular complexity index is 1230. The van der Waals surface area contributed by atoms with Crippen molar-refractivity contribution >= 4 is 21.4 Å². The van der Waals surface area contributed by atoms with Crippen LogP contribution in [0.4, 0.5) is 5.69 Å². The summed E-state index contributed by atoms with van der Waals surface area (Å²) in [6, 6.07) is 17.0. The Kier molecular flexibility index (Phi) is 6.67. The molecular weight excluding hydrogens is 436 g/mol. The summed E-state index contributed by atoms with van der Waals surface area (Å²) in [5.74, 6) is 0.285. The zero-order valence-corrected chi connectivity index (χ0v) is 20.1. The summed E-state index contributed by atoms with van der Waals surface area (Å²) in [4.78, 5) is 14.6. The Hall–Kier alpha value is -2.97. The van der Waals surface area contributed by atoms with Crippen LogP contribution in [-0.4, -0.2) is 47.6 Å². The van der Waals surface area contributed by atoms with Crippen LogP contribution in [0.15, 0.2) is 54.6 Å². The number of hydrogen-bond donors (Lipinski definition) is 1. The van der Waals surface area contributed by atoms with Crippen molar-refractivity contribution in [3.05, 3.63) is 82.7 Å². The van der Waals surface area contributed by atoms with Gasteiger partial charge >= 0.3 is 0 Å². The first-order chi connectivity index (χ1) is 15.7. The average Bonchev–Trinajstić information content (AvgIpc) is 3.28. The van der Waals surface area contributed by atoms with Crippen LogP contribution in [0.5, 0.6) is 0 Å². The summed E-state index contributed by atoms with van der Waals surface area (Å²) in [5, 5.41) is 7.56. The molecule has 1 amide bonds. The van der Waals surface area contributed by atoms with E-state index in [9.17, 15) is 13.2 Å². The summed E-state index contributed by atoms with van der Waals surface area (Å²) in [5.41, 5.74) is 5.61. The lowest BCUT2D eigenvalue weighted by molar-refractivity contribution is 0.102. The molecule has 0 radical (unpaired) electrons. The zero-order valence-electron chi connectivity index (χ0n) is 19.3. The number of carbonyl (C=O) groups excluding carboxylic acids is 1. The summed E-state index contributed by atoms with van der Waals surface area (Å²) in [7, 11) is -0.907. The Labute approximate surface area is 195 Å². The predicted octanol–water partition coefficient (Wildman–Crippen LogP) is 3.74. The van der Waals surface area contributed by atoms with Crippen molar-refractivity contribution in [1.82, 2.24) is 14.7 Å². The van der Waals surface area contributed by atoms with Crippen LogP contribution in [0.2, 0.25) is 0 Å². The number of carbonyl (C=O) groups is 1. The van der Waals surface area contributed by atoms with Gasteiger partial charge in [-0.25, -0.2) is 8.42 Å². The molecule has 0 aliphatic carbocycles. The van der Waals surface area contributed by atoms with Gasteiger partial charge in [-0.3, -0.25) is 14.4 Å². The fourth-order valence-electron chi connectivity index (χ4n) is 4.37. The second-order valence-corrected chi connectivity index (χ2v) is 11.1. The maximum absolute atomic E-state index is 12.4. The first-order valence-electron chi connectivity index (χ1n) is 11.1. The highest BCUT2D eigenvalue weighted by molar-refractivity contribution is 7.91. The van der Waals surface area contributed by atoms with E-state index in [2.05, 4.69) is 15.3 Å². The standard InChI is InChI=1S/C25H30N4O3S/c1-18-24(19(2)29(27-18)23-13-14-33(31,32)17-23)16-28(3)15-20-9-11-21(12-10-20)25(30)26-22-7-5-4-6-8-22/h4-12,23H,13-17H2,1-3H3,(H,26,30)/t23-/m1/s1. The molecule has 1 saturated heterocycles. The smallest absolute Gasteiger partial charge is 0.255 e. The van der Waals surface area contributed by atoms with Gasteiger partial charge in [-0.15, -0.1) is 0 Å². The van der Waals surface area contributed by atoms with Crippen LogP contribution >= 0.6 is 0 Å². The number of benzene rings is 2. The first-order valence-corrected chi connectivity index (χ1v) is 12.9. The molecule has 8 heteroatoms. The Morgan fingerprint density at radius 1 is 1.09 bits per heavy atom. The van der Waals surface area contributed by atoms with Crippen molar-refractivity contribution in [1.29, 1.82) is 0 Å². The lowest BCUT2D eigenvalue weighted by Crippen LogP contribution is -2.19. The van der Waals surface area contributed by atoms with Crippen molar-refractivity contribution in [2.45, 2.75) is 39.4 Å². The van der Waals surface area contributed by atoms with Gasteiger partial charge in [-0.2, -0.15) is 5.10 Å². The van der Waals surface area contributed by atoms with Crippen LogP contribution in [0.3, 0.4) is 0 Å². The molecule has 1 atom stereocenters. The van der Waals surface area contributed by atoms with Crippen LogP contribution in [0.25, 0.3) is 0 Å². The number of rotatable bonds is 7. The molecule has 3 aromatic rings.